The third kappa shape index (κ3) is 2.93. The van der Waals surface area contributed by atoms with Crippen LogP contribution in [0.3, 0.4) is 0 Å². The number of ketones is 1. The molecule has 1 aliphatic carbocycles. The van der Waals surface area contributed by atoms with Gasteiger partial charge in [-0.25, -0.2) is 4.68 Å². The minimum Gasteiger partial charge on any atom is -0.294 e. The molecule has 1 aromatic carbocycles. The van der Waals surface area contributed by atoms with Gasteiger partial charge in [0.25, 0.3) is 0 Å². The van der Waals surface area contributed by atoms with Crippen LogP contribution in [0, 0.1) is 23.7 Å². The Morgan fingerprint density at radius 3 is 2.52 bits per heavy atom. The first-order valence-corrected chi connectivity index (χ1v) is 7.77. The number of nitrogens with zero attached hydrogens (tertiary/aromatic N) is 3. The van der Waals surface area contributed by atoms with Crippen molar-refractivity contribution in [2.45, 2.75) is 39.8 Å². The van der Waals surface area contributed by atoms with Gasteiger partial charge in [-0.3, -0.25) is 4.79 Å². The zero-order chi connectivity index (χ0) is 18.6. The van der Waals surface area contributed by atoms with Crippen LogP contribution in [0.15, 0.2) is 18.2 Å². The van der Waals surface area contributed by atoms with Crippen LogP contribution in [0.2, 0.25) is 0 Å². The summed E-state index contributed by atoms with van der Waals surface area (Å²) in [5.74, 6) is -0.532. The van der Waals surface area contributed by atoms with Crippen LogP contribution in [0.4, 0.5) is 13.2 Å². The normalized spacial score (nSPS) is 16.4. The number of aromatic nitrogens is 2. The number of hydrogen-bond acceptors (Lipinski definition) is 3. The molecule has 7 heteroatoms. The molecule has 3 rings (SSSR count). The molecule has 0 saturated carbocycles. The highest BCUT2D eigenvalue weighted by molar-refractivity contribution is 6.00. The quantitative estimate of drug-likeness (QED) is 0.776. The van der Waals surface area contributed by atoms with Crippen molar-refractivity contribution in [1.82, 2.24) is 9.78 Å². The van der Waals surface area contributed by atoms with Crippen LogP contribution in [0.5, 0.6) is 0 Å². The highest BCUT2D eigenvalue weighted by atomic mass is 19.4. The number of Topliss-reactive ketones (excluding diaryl/α,β-unsaturated/α-hetero) is 1. The predicted octanol–water partition coefficient (Wildman–Crippen LogP) is 4.23. The smallest absolute Gasteiger partial charge is 0.294 e. The molecule has 25 heavy (non-hydrogen) atoms. The molecule has 1 aliphatic rings. The monoisotopic (exact) mass is 347 g/mol. The summed E-state index contributed by atoms with van der Waals surface area (Å²) in [5.41, 5.74) is -0.131. The van der Waals surface area contributed by atoms with Gasteiger partial charge in [-0.15, -0.1) is 0 Å². The average molecular weight is 347 g/mol. The lowest BCUT2D eigenvalue weighted by molar-refractivity contribution is -0.141. The predicted molar refractivity (Wildman–Crippen MR) is 84.5 cm³/mol. The summed E-state index contributed by atoms with van der Waals surface area (Å²) in [6.45, 7) is 5.41. The first kappa shape index (κ1) is 17.2. The fourth-order valence-corrected chi connectivity index (χ4v) is 3.27. The van der Waals surface area contributed by atoms with E-state index in [1.807, 2.05) is 19.9 Å². The average Bonchev–Trinajstić information content (AvgIpc) is 2.85. The number of halogens is 3. The van der Waals surface area contributed by atoms with E-state index in [0.717, 1.165) is 0 Å². The minimum absolute atomic E-state index is 0.0567. The van der Waals surface area contributed by atoms with E-state index in [1.54, 1.807) is 25.1 Å². The fraction of sp³-hybridized carbons (Fsp3) is 0.389. The van der Waals surface area contributed by atoms with Gasteiger partial charge in [0.15, 0.2) is 11.5 Å². The molecule has 0 aliphatic heterocycles. The van der Waals surface area contributed by atoms with Gasteiger partial charge in [-0.05, 0) is 42.5 Å². The maximum atomic E-state index is 13.4. The largest absolute Gasteiger partial charge is 0.435 e. The van der Waals surface area contributed by atoms with Crippen molar-refractivity contribution in [2.75, 3.05) is 0 Å². The summed E-state index contributed by atoms with van der Waals surface area (Å²) in [4.78, 5) is 12.4. The van der Waals surface area contributed by atoms with Gasteiger partial charge in [0.05, 0.1) is 28.6 Å². The second-order valence-corrected chi connectivity index (χ2v) is 7.13. The van der Waals surface area contributed by atoms with Crippen molar-refractivity contribution < 1.29 is 18.0 Å². The number of nitriles is 1. The minimum atomic E-state index is -4.70. The van der Waals surface area contributed by atoms with Crippen molar-refractivity contribution in [1.29, 1.82) is 5.26 Å². The molecular formula is C18H16F3N3O. The Balaban J connectivity index is 2.27. The fourth-order valence-electron chi connectivity index (χ4n) is 3.27. The number of alkyl halides is 3. The van der Waals surface area contributed by atoms with Gasteiger partial charge in [-0.1, -0.05) is 13.8 Å². The molecule has 0 unspecified atom stereocenters. The lowest BCUT2D eigenvalue weighted by Crippen LogP contribution is -2.29. The maximum Gasteiger partial charge on any atom is 0.435 e. The SMILES string of the molecule is Cc1cc(-n2nc(C(F)(F)F)c3c2CC(C)(C)CC3=O)ccc1C#N. The third-order valence-corrected chi connectivity index (χ3v) is 4.39. The molecule has 130 valence electrons. The number of carbonyl (C=O) groups excluding carboxylic acids is 1. The Hall–Kier alpha value is -2.62. The van der Waals surface area contributed by atoms with E-state index in [0.29, 0.717) is 23.2 Å². The van der Waals surface area contributed by atoms with Crippen LogP contribution in [-0.4, -0.2) is 15.6 Å². The summed E-state index contributed by atoms with van der Waals surface area (Å²) in [6.07, 6.45) is -4.33. The summed E-state index contributed by atoms with van der Waals surface area (Å²) in [6, 6.07) is 6.72. The first-order chi connectivity index (χ1) is 11.5. The van der Waals surface area contributed by atoms with E-state index < -0.39 is 23.1 Å². The standard InChI is InChI=1S/C18H16F3N3O/c1-10-6-12(5-4-11(10)9-22)24-13-7-17(2,3)8-14(25)15(13)16(23-24)18(19,20)21/h4-6H,7-8H2,1-3H3. The Labute approximate surface area is 142 Å². The maximum absolute atomic E-state index is 13.4. The summed E-state index contributed by atoms with van der Waals surface area (Å²) in [5, 5.41) is 12.8. The van der Waals surface area contributed by atoms with Crippen molar-refractivity contribution >= 4 is 5.78 Å². The molecule has 1 heterocycles. The number of fused-ring (bicyclic) bond motifs is 1. The van der Waals surface area contributed by atoms with E-state index in [1.165, 1.54) is 4.68 Å². The lowest BCUT2D eigenvalue weighted by atomic mass is 9.75. The van der Waals surface area contributed by atoms with E-state index in [2.05, 4.69) is 5.10 Å². The van der Waals surface area contributed by atoms with Crippen LogP contribution in [-0.2, 0) is 12.6 Å². The van der Waals surface area contributed by atoms with Gasteiger partial charge in [0.2, 0.25) is 0 Å². The van der Waals surface area contributed by atoms with Gasteiger partial charge in [0.1, 0.15) is 0 Å². The molecule has 0 atom stereocenters. The molecule has 0 spiro atoms. The van der Waals surface area contributed by atoms with Crippen molar-refractivity contribution in [3.63, 3.8) is 0 Å². The summed E-state index contributed by atoms with van der Waals surface area (Å²) < 4.78 is 41.4. The molecule has 0 bridgehead atoms. The van der Waals surface area contributed by atoms with Gasteiger partial charge < -0.3 is 0 Å². The molecule has 2 aromatic rings. The second-order valence-electron chi connectivity index (χ2n) is 7.13. The molecule has 0 N–H and O–H groups in total. The van der Waals surface area contributed by atoms with Crippen LogP contribution in [0.1, 0.15) is 53.1 Å². The molecular weight excluding hydrogens is 331 g/mol. The second kappa shape index (κ2) is 5.45. The van der Waals surface area contributed by atoms with Crippen molar-refractivity contribution in [3.05, 3.63) is 46.3 Å². The highest BCUT2D eigenvalue weighted by Crippen LogP contribution is 2.41. The zero-order valence-corrected chi connectivity index (χ0v) is 14.0. The Bertz CT molecular complexity index is 917. The van der Waals surface area contributed by atoms with E-state index in [-0.39, 0.29) is 17.7 Å². The van der Waals surface area contributed by atoms with Gasteiger partial charge >= 0.3 is 6.18 Å². The summed E-state index contributed by atoms with van der Waals surface area (Å²) in [7, 11) is 0. The Morgan fingerprint density at radius 1 is 1.28 bits per heavy atom. The Kier molecular flexibility index (Phi) is 3.75. The number of hydrogen-bond donors (Lipinski definition) is 0. The van der Waals surface area contributed by atoms with Crippen LogP contribution in [0.25, 0.3) is 5.69 Å². The van der Waals surface area contributed by atoms with Gasteiger partial charge in [0, 0.05) is 6.42 Å². The first-order valence-electron chi connectivity index (χ1n) is 7.77. The van der Waals surface area contributed by atoms with Crippen LogP contribution >= 0.6 is 0 Å². The topological polar surface area (TPSA) is 58.7 Å². The molecule has 0 saturated heterocycles. The molecule has 0 amide bonds. The number of aryl methyl sites for hydroxylation is 1. The van der Waals surface area contributed by atoms with Crippen molar-refractivity contribution in [2.24, 2.45) is 5.41 Å². The highest BCUT2D eigenvalue weighted by Gasteiger charge is 2.45. The van der Waals surface area contributed by atoms with E-state index >= 15 is 0 Å². The number of rotatable bonds is 1. The van der Waals surface area contributed by atoms with Crippen molar-refractivity contribution in [3.8, 4) is 11.8 Å². The van der Waals surface area contributed by atoms with Crippen LogP contribution < -0.4 is 0 Å². The zero-order valence-electron chi connectivity index (χ0n) is 14.0. The molecule has 0 fully saturated rings. The summed E-state index contributed by atoms with van der Waals surface area (Å²) >= 11 is 0. The lowest BCUT2D eigenvalue weighted by Gasteiger charge is -2.29. The number of carbonyl (C=O) groups is 1. The van der Waals surface area contributed by atoms with E-state index in [4.69, 9.17) is 5.26 Å². The third-order valence-electron chi connectivity index (χ3n) is 4.39. The van der Waals surface area contributed by atoms with Gasteiger partial charge in [-0.2, -0.15) is 23.5 Å². The van der Waals surface area contributed by atoms with E-state index in [9.17, 15) is 18.0 Å². The molecule has 1 aromatic heterocycles. The molecule has 4 nitrogen and oxygen atoms in total. The molecule has 0 radical (unpaired) electrons. The number of benzene rings is 1. The Morgan fingerprint density at radius 2 is 1.96 bits per heavy atom.